The molecule has 0 radical (unpaired) electrons. The second kappa shape index (κ2) is 9.93. The van der Waals surface area contributed by atoms with Gasteiger partial charge in [-0.25, -0.2) is 9.59 Å². The monoisotopic (exact) mass is 463 g/mol. The predicted octanol–water partition coefficient (Wildman–Crippen LogP) is 4.02. The summed E-state index contributed by atoms with van der Waals surface area (Å²) in [7, 11) is 0. The minimum Gasteiger partial charge on any atom is -0.482 e. The molecule has 0 amide bonds. The summed E-state index contributed by atoms with van der Waals surface area (Å²) in [5.41, 5.74) is 0.809. The van der Waals surface area contributed by atoms with Crippen LogP contribution in [0, 0.1) is 6.92 Å². The summed E-state index contributed by atoms with van der Waals surface area (Å²) < 4.78 is 46.4. The molecule has 0 aliphatic rings. The highest BCUT2D eigenvalue weighted by atomic mass is 19.4. The molecule has 3 aromatic rings. The maximum Gasteiger partial charge on any atom is 0.416 e. The Kier molecular flexibility index (Phi) is 7.25. The summed E-state index contributed by atoms with van der Waals surface area (Å²) >= 11 is 0. The van der Waals surface area contributed by atoms with Crippen LogP contribution in [0.25, 0.3) is 5.69 Å². The van der Waals surface area contributed by atoms with Crippen LogP contribution in [0.2, 0.25) is 0 Å². The van der Waals surface area contributed by atoms with Gasteiger partial charge in [-0.1, -0.05) is 19.1 Å². The lowest BCUT2D eigenvalue weighted by atomic mass is 10.1. The number of aliphatic carboxylic acids is 1. The SMILES string of the molecule is CCCn1c(CCc2ccc(OCC(=O)O)c(C)c2)nn(-c2ccc(C(F)(F)F)cc2)c1=O. The summed E-state index contributed by atoms with van der Waals surface area (Å²) in [5, 5.41) is 13.1. The molecule has 0 bridgehead atoms. The number of aryl methyl sites for hydroxylation is 3. The van der Waals surface area contributed by atoms with Gasteiger partial charge in [0.05, 0.1) is 11.3 Å². The summed E-state index contributed by atoms with van der Waals surface area (Å²) in [5.74, 6) is -0.0442. The molecule has 0 unspecified atom stereocenters. The molecule has 3 rings (SSSR count). The van der Waals surface area contributed by atoms with E-state index in [1.54, 1.807) is 6.07 Å². The number of halogens is 3. The molecular weight excluding hydrogens is 439 g/mol. The summed E-state index contributed by atoms with van der Waals surface area (Å²) in [6.45, 7) is 3.75. The Labute approximate surface area is 188 Å². The van der Waals surface area contributed by atoms with Crippen LogP contribution < -0.4 is 10.4 Å². The minimum atomic E-state index is -4.46. The highest BCUT2D eigenvalue weighted by Crippen LogP contribution is 2.29. The molecule has 10 heteroatoms. The molecule has 0 spiro atoms. The van der Waals surface area contributed by atoms with Gasteiger partial charge < -0.3 is 9.84 Å². The number of carbonyl (C=O) groups is 1. The van der Waals surface area contributed by atoms with Crippen LogP contribution in [0.5, 0.6) is 5.75 Å². The van der Waals surface area contributed by atoms with E-state index in [0.29, 0.717) is 37.4 Å². The number of rotatable bonds is 9. The standard InChI is InChI=1S/C23H24F3N3O4/c1-3-12-28-20(11-5-16-4-10-19(15(2)13-16)33-14-21(30)31)27-29(22(28)32)18-8-6-17(7-9-18)23(24,25)26/h4,6-10,13H,3,5,11-12,14H2,1-2H3,(H,30,31). The fourth-order valence-electron chi connectivity index (χ4n) is 3.45. The smallest absolute Gasteiger partial charge is 0.416 e. The maximum atomic E-state index is 12.9. The van der Waals surface area contributed by atoms with Gasteiger partial charge in [-0.3, -0.25) is 4.57 Å². The minimum absolute atomic E-state index is 0.264. The number of carboxylic acids is 1. The Morgan fingerprint density at radius 1 is 1.12 bits per heavy atom. The van der Waals surface area contributed by atoms with Crippen LogP contribution in [0.15, 0.2) is 47.3 Å². The van der Waals surface area contributed by atoms with E-state index in [-0.39, 0.29) is 5.69 Å². The van der Waals surface area contributed by atoms with Crippen LogP contribution in [0.4, 0.5) is 13.2 Å². The van der Waals surface area contributed by atoms with E-state index in [1.807, 2.05) is 26.0 Å². The average molecular weight is 463 g/mol. The van der Waals surface area contributed by atoms with E-state index in [2.05, 4.69) is 5.10 Å². The number of alkyl halides is 3. The number of carboxylic acid groups (broad SMARTS) is 1. The lowest BCUT2D eigenvalue weighted by molar-refractivity contribution is -0.139. The lowest BCUT2D eigenvalue weighted by Gasteiger charge is -2.09. The Bertz CT molecular complexity index is 1180. The van der Waals surface area contributed by atoms with E-state index >= 15 is 0 Å². The first-order valence-corrected chi connectivity index (χ1v) is 10.4. The first kappa shape index (κ1) is 24.1. The molecule has 33 heavy (non-hydrogen) atoms. The van der Waals surface area contributed by atoms with Gasteiger partial charge in [-0.05, 0) is 61.2 Å². The van der Waals surface area contributed by atoms with E-state index in [1.165, 1.54) is 16.7 Å². The third-order valence-corrected chi connectivity index (χ3v) is 5.05. The lowest BCUT2D eigenvalue weighted by Crippen LogP contribution is -2.24. The first-order valence-electron chi connectivity index (χ1n) is 10.4. The number of nitrogens with zero attached hydrogens (tertiary/aromatic N) is 3. The molecule has 0 saturated carbocycles. The van der Waals surface area contributed by atoms with Crippen molar-refractivity contribution in [3.8, 4) is 11.4 Å². The zero-order valence-electron chi connectivity index (χ0n) is 18.2. The normalized spacial score (nSPS) is 11.5. The quantitative estimate of drug-likeness (QED) is 0.518. The fourth-order valence-corrected chi connectivity index (χ4v) is 3.45. The van der Waals surface area contributed by atoms with Crippen LogP contribution in [-0.2, 0) is 30.4 Å². The molecule has 2 aromatic carbocycles. The molecular formula is C23H24F3N3O4. The fraction of sp³-hybridized carbons (Fsp3) is 0.348. The van der Waals surface area contributed by atoms with Crippen molar-refractivity contribution in [1.29, 1.82) is 0 Å². The number of aromatic nitrogens is 3. The van der Waals surface area contributed by atoms with E-state index in [4.69, 9.17) is 9.84 Å². The van der Waals surface area contributed by atoms with Gasteiger partial charge >= 0.3 is 17.8 Å². The van der Waals surface area contributed by atoms with Crippen molar-refractivity contribution in [3.05, 3.63) is 75.5 Å². The van der Waals surface area contributed by atoms with Gasteiger partial charge in [-0.2, -0.15) is 17.9 Å². The number of benzene rings is 2. The average Bonchev–Trinajstić information content (AvgIpc) is 3.07. The Hall–Kier alpha value is -3.56. The third kappa shape index (κ3) is 5.82. The van der Waals surface area contributed by atoms with Gasteiger partial charge in [0.2, 0.25) is 0 Å². The zero-order chi connectivity index (χ0) is 24.2. The van der Waals surface area contributed by atoms with Crippen molar-refractivity contribution in [2.75, 3.05) is 6.61 Å². The predicted molar refractivity (Wildman–Crippen MR) is 115 cm³/mol. The third-order valence-electron chi connectivity index (χ3n) is 5.05. The van der Waals surface area contributed by atoms with Gasteiger partial charge in [0.1, 0.15) is 11.6 Å². The maximum absolute atomic E-state index is 12.9. The van der Waals surface area contributed by atoms with E-state index < -0.39 is 30.0 Å². The van der Waals surface area contributed by atoms with E-state index in [9.17, 15) is 22.8 Å². The van der Waals surface area contributed by atoms with Crippen LogP contribution >= 0.6 is 0 Å². The molecule has 176 valence electrons. The van der Waals surface area contributed by atoms with Crippen molar-refractivity contribution >= 4 is 5.97 Å². The van der Waals surface area contributed by atoms with Gasteiger partial charge in [0.15, 0.2) is 6.61 Å². The Morgan fingerprint density at radius 2 is 1.82 bits per heavy atom. The van der Waals surface area contributed by atoms with Crippen molar-refractivity contribution in [3.63, 3.8) is 0 Å². The van der Waals surface area contributed by atoms with Gasteiger partial charge in [-0.15, -0.1) is 5.10 Å². The van der Waals surface area contributed by atoms with Crippen LogP contribution in [-0.4, -0.2) is 32.0 Å². The molecule has 1 N–H and O–H groups in total. The molecule has 0 aliphatic heterocycles. The summed E-state index contributed by atoms with van der Waals surface area (Å²) in [6.07, 6.45) is -2.76. The highest BCUT2D eigenvalue weighted by molar-refractivity contribution is 5.68. The summed E-state index contributed by atoms with van der Waals surface area (Å²) in [6, 6.07) is 9.72. The van der Waals surface area contributed by atoms with Crippen molar-refractivity contribution in [1.82, 2.24) is 14.3 Å². The van der Waals surface area contributed by atoms with E-state index in [0.717, 1.165) is 27.9 Å². The summed E-state index contributed by atoms with van der Waals surface area (Å²) in [4.78, 5) is 23.6. The molecule has 0 saturated heterocycles. The zero-order valence-corrected chi connectivity index (χ0v) is 18.2. The van der Waals surface area contributed by atoms with Crippen molar-refractivity contribution in [2.24, 2.45) is 0 Å². The Balaban J connectivity index is 1.81. The second-order valence-electron chi connectivity index (χ2n) is 7.59. The number of hydrogen-bond acceptors (Lipinski definition) is 4. The molecule has 0 atom stereocenters. The van der Waals surface area contributed by atoms with Crippen molar-refractivity contribution in [2.45, 2.75) is 45.8 Å². The number of hydrogen-bond donors (Lipinski definition) is 1. The largest absolute Gasteiger partial charge is 0.482 e. The first-order chi connectivity index (χ1) is 15.6. The van der Waals surface area contributed by atoms with Crippen LogP contribution in [0.3, 0.4) is 0 Å². The van der Waals surface area contributed by atoms with Gasteiger partial charge in [0.25, 0.3) is 0 Å². The number of ether oxygens (including phenoxy) is 1. The Morgan fingerprint density at radius 3 is 2.39 bits per heavy atom. The molecule has 0 aliphatic carbocycles. The van der Waals surface area contributed by atoms with Crippen molar-refractivity contribution < 1.29 is 27.8 Å². The second-order valence-corrected chi connectivity index (χ2v) is 7.59. The molecule has 0 fully saturated rings. The van der Waals surface area contributed by atoms with Crippen LogP contribution in [0.1, 0.15) is 35.9 Å². The van der Waals surface area contributed by atoms with Gasteiger partial charge in [0, 0.05) is 13.0 Å². The molecule has 1 aromatic heterocycles. The highest BCUT2D eigenvalue weighted by Gasteiger charge is 2.30. The molecule has 1 heterocycles. The molecule has 7 nitrogen and oxygen atoms in total. The topological polar surface area (TPSA) is 86.3 Å².